The van der Waals surface area contributed by atoms with E-state index in [9.17, 15) is 28.9 Å². The molecule has 110 valence electrons. The van der Waals surface area contributed by atoms with E-state index >= 15 is 0 Å². The molecule has 0 spiro atoms. The van der Waals surface area contributed by atoms with Crippen molar-refractivity contribution in [1.82, 2.24) is 9.13 Å². The number of esters is 1. The maximum Gasteiger partial charge on any atom is 0.362 e. The van der Waals surface area contributed by atoms with E-state index in [1.165, 1.54) is 13.8 Å². The summed E-state index contributed by atoms with van der Waals surface area (Å²) in [4.78, 5) is 44.4. The smallest absolute Gasteiger partial charge is 0.362 e. The van der Waals surface area contributed by atoms with E-state index < -0.39 is 34.1 Å². The van der Waals surface area contributed by atoms with Crippen molar-refractivity contribution >= 4 is 11.7 Å². The lowest BCUT2D eigenvalue weighted by molar-refractivity contribution is -0.387. The van der Waals surface area contributed by atoms with Crippen LogP contribution in [-0.2, 0) is 16.1 Å². The zero-order chi connectivity index (χ0) is 15.4. The molecule has 0 fully saturated rings. The summed E-state index contributed by atoms with van der Waals surface area (Å²) in [6.07, 6.45) is -2.02. The maximum absolute atomic E-state index is 13.8. The minimum Gasteiger partial charge on any atom is -0.462 e. The van der Waals surface area contributed by atoms with Gasteiger partial charge in [0.25, 0.3) is 6.30 Å². The fourth-order valence-corrected chi connectivity index (χ4v) is 1.47. The first-order valence-electron chi connectivity index (χ1n) is 5.66. The molecule has 10 heteroatoms. The Morgan fingerprint density at radius 1 is 1.50 bits per heavy atom. The van der Waals surface area contributed by atoms with Crippen LogP contribution in [0.15, 0.2) is 15.8 Å². The highest BCUT2D eigenvalue weighted by molar-refractivity contribution is 5.72. The second kappa shape index (κ2) is 6.08. The van der Waals surface area contributed by atoms with Crippen LogP contribution in [0, 0.1) is 10.1 Å². The van der Waals surface area contributed by atoms with Crippen LogP contribution in [0.25, 0.3) is 0 Å². The number of alkyl halides is 1. The molecule has 0 amide bonds. The fourth-order valence-electron chi connectivity index (χ4n) is 1.47. The molecule has 0 aromatic carbocycles. The van der Waals surface area contributed by atoms with Gasteiger partial charge in [-0.25, -0.2) is 18.5 Å². The van der Waals surface area contributed by atoms with Crippen LogP contribution in [0.2, 0.25) is 0 Å². The predicted octanol–water partition coefficient (Wildman–Crippen LogP) is -0.0307. The number of nitro groups is 1. The molecule has 0 aliphatic carbocycles. The van der Waals surface area contributed by atoms with Crippen LogP contribution >= 0.6 is 0 Å². The highest BCUT2D eigenvalue weighted by atomic mass is 19.1. The summed E-state index contributed by atoms with van der Waals surface area (Å²) in [5.41, 5.74) is -3.66. The van der Waals surface area contributed by atoms with Gasteiger partial charge in [0.1, 0.15) is 0 Å². The monoisotopic (exact) mass is 289 g/mol. The van der Waals surface area contributed by atoms with Gasteiger partial charge in [-0.1, -0.05) is 0 Å². The van der Waals surface area contributed by atoms with Gasteiger partial charge in [0.05, 0.1) is 17.7 Å². The number of rotatable bonds is 5. The Morgan fingerprint density at radius 3 is 2.55 bits per heavy atom. The Labute approximate surface area is 111 Å². The summed E-state index contributed by atoms with van der Waals surface area (Å²) in [7, 11) is 0. The van der Waals surface area contributed by atoms with Crippen molar-refractivity contribution in [2.45, 2.75) is 26.7 Å². The van der Waals surface area contributed by atoms with Crippen molar-refractivity contribution in [2.75, 3.05) is 6.61 Å². The molecule has 0 aliphatic rings. The summed E-state index contributed by atoms with van der Waals surface area (Å²) in [6, 6.07) is 0. The SMILES string of the molecule is CCOC(=O)C(F)n1c(=O)c([N+](=O)[O-])cn(CC)c1=O. The zero-order valence-electron chi connectivity index (χ0n) is 10.7. The van der Waals surface area contributed by atoms with E-state index in [0.717, 1.165) is 4.57 Å². The van der Waals surface area contributed by atoms with Gasteiger partial charge in [-0.05, 0) is 13.8 Å². The Bertz CT molecular complexity index is 649. The normalized spacial score (nSPS) is 11.9. The van der Waals surface area contributed by atoms with Crippen molar-refractivity contribution in [3.63, 3.8) is 0 Å². The van der Waals surface area contributed by atoms with Crippen molar-refractivity contribution in [3.8, 4) is 0 Å². The minimum atomic E-state index is -2.73. The lowest BCUT2D eigenvalue weighted by Gasteiger charge is -2.11. The Hall–Kier alpha value is -2.52. The summed E-state index contributed by atoms with van der Waals surface area (Å²) < 4.78 is 18.8. The largest absolute Gasteiger partial charge is 0.462 e. The quantitative estimate of drug-likeness (QED) is 0.427. The van der Waals surface area contributed by atoms with Crippen LogP contribution in [0.4, 0.5) is 10.1 Å². The third kappa shape index (κ3) is 2.73. The Balaban J connectivity index is 3.56. The third-order valence-corrected chi connectivity index (χ3v) is 2.41. The van der Waals surface area contributed by atoms with Gasteiger partial charge in [0, 0.05) is 6.54 Å². The van der Waals surface area contributed by atoms with Gasteiger partial charge >= 0.3 is 22.9 Å². The second-order valence-electron chi connectivity index (χ2n) is 3.60. The van der Waals surface area contributed by atoms with Gasteiger partial charge < -0.3 is 4.74 Å². The van der Waals surface area contributed by atoms with Crippen LogP contribution in [0.5, 0.6) is 0 Å². The van der Waals surface area contributed by atoms with E-state index in [1.54, 1.807) is 0 Å². The molecule has 1 rings (SSSR count). The van der Waals surface area contributed by atoms with Crippen LogP contribution in [-0.4, -0.2) is 26.6 Å². The predicted molar refractivity (Wildman–Crippen MR) is 64.1 cm³/mol. The molecule has 0 aliphatic heterocycles. The molecule has 9 nitrogen and oxygen atoms in total. The second-order valence-corrected chi connectivity index (χ2v) is 3.60. The van der Waals surface area contributed by atoms with E-state index in [0.29, 0.717) is 6.20 Å². The number of nitrogens with zero attached hydrogens (tertiary/aromatic N) is 3. The van der Waals surface area contributed by atoms with Crippen molar-refractivity contribution in [3.05, 3.63) is 37.1 Å². The summed E-state index contributed by atoms with van der Waals surface area (Å²) in [5.74, 6) is -1.46. The molecule has 1 aromatic rings. The maximum atomic E-state index is 13.8. The molecule has 20 heavy (non-hydrogen) atoms. The highest BCUT2D eigenvalue weighted by Gasteiger charge is 2.29. The van der Waals surface area contributed by atoms with Gasteiger partial charge in [0.2, 0.25) is 0 Å². The van der Waals surface area contributed by atoms with E-state index in [2.05, 4.69) is 4.74 Å². The Kier molecular flexibility index (Phi) is 4.73. The molecular formula is C10H12FN3O6. The minimum absolute atomic E-state index is 0.0322. The number of aromatic nitrogens is 2. The zero-order valence-corrected chi connectivity index (χ0v) is 10.7. The van der Waals surface area contributed by atoms with Gasteiger partial charge in [0.15, 0.2) is 0 Å². The molecule has 1 heterocycles. The standard InChI is InChI=1S/C10H12FN3O6/c1-3-12-5-6(14(18)19)8(15)13(10(12)17)7(11)9(16)20-4-2/h5,7H,3-4H2,1-2H3. The lowest BCUT2D eigenvalue weighted by Crippen LogP contribution is -2.43. The first-order valence-corrected chi connectivity index (χ1v) is 5.66. The van der Waals surface area contributed by atoms with E-state index in [1.807, 2.05) is 0 Å². The Morgan fingerprint density at radius 2 is 2.10 bits per heavy atom. The molecule has 0 saturated carbocycles. The van der Waals surface area contributed by atoms with Crippen molar-refractivity contribution < 1.29 is 18.8 Å². The van der Waals surface area contributed by atoms with Crippen LogP contribution in [0.1, 0.15) is 20.1 Å². The highest BCUT2D eigenvalue weighted by Crippen LogP contribution is 2.08. The topological polar surface area (TPSA) is 113 Å². The number of carbonyl (C=O) groups is 1. The first kappa shape index (κ1) is 15.5. The summed E-state index contributed by atoms with van der Waals surface area (Å²) >= 11 is 0. The number of carbonyl (C=O) groups excluding carboxylic acids is 1. The molecule has 0 radical (unpaired) electrons. The summed E-state index contributed by atoms with van der Waals surface area (Å²) in [5, 5.41) is 10.7. The average molecular weight is 289 g/mol. The van der Waals surface area contributed by atoms with Crippen LogP contribution in [0.3, 0.4) is 0 Å². The molecule has 0 bridgehead atoms. The molecule has 1 aromatic heterocycles. The number of hydrogen-bond donors (Lipinski definition) is 0. The fraction of sp³-hybridized carbons (Fsp3) is 0.500. The van der Waals surface area contributed by atoms with Gasteiger partial charge in [-0.15, -0.1) is 0 Å². The number of ether oxygens (including phenoxy) is 1. The molecular weight excluding hydrogens is 277 g/mol. The van der Waals surface area contributed by atoms with Crippen molar-refractivity contribution in [1.29, 1.82) is 0 Å². The number of halogens is 1. The molecule has 0 N–H and O–H groups in total. The average Bonchev–Trinajstić information content (AvgIpc) is 2.38. The van der Waals surface area contributed by atoms with Crippen molar-refractivity contribution in [2.24, 2.45) is 0 Å². The van der Waals surface area contributed by atoms with E-state index in [-0.39, 0.29) is 17.7 Å². The number of hydrogen-bond acceptors (Lipinski definition) is 6. The van der Waals surface area contributed by atoms with Gasteiger partial charge in [-0.2, -0.15) is 0 Å². The lowest BCUT2D eigenvalue weighted by atomic mass is 10.4. The van der Waals surface area contributed by atoms with Crippen LogP contribution < -0.4 is 11.2 Å². The third-order valence-electron chi connectivity index (χ3n) is 2.41. The first-order chi connectivity index (χ1) is 9.34. The molecule has 0 saturated heterocycles. The van der Waals surface area contributed by atoms with Gasteiger partial charge in [-0.3, -0.25) is 19.5 Å². The molecule has 1 unspecified atom stereocenters. The van der Waals surface area contributed by atoms with E-state index in [4.69, 9.17) is 0 Å². The summed E-state index contributed by atoms with van der Waals surface area (Å²) in [6.45, 7) is 2.68. The molecule has 1 atom stereocenters. The number of aryl methyl sites for hydroxylation is 1.